The maximum atomic E-state index is 9.13. The molecule has 16 heavy (non-hydrogen) atoms. The molecule has 1 heterocycles. The molecule has 0 aliphatic heterocycles. The average molecular weight is 240 g/mol. The third-order valence-electron chi connectivity index (χ3n) is 3.01. The highest BCUT2D eigenvalue weighted by Crippen LogP contribution is 2.35. The van der Waals surface area contributed by atoms with Crippen molar-refractivity contribution in [3.05, 3.63) is 16.1 Å². The van der Waals surface area contributed by atoms with Gasteiger partial charge in [0.25, 0.3) is 0 Å². The zero-order valence-electron chi connectivity index (χ0n) is 9.78. The minimum Gasteiger partial charge on any atom is -0.392 e. The molecule has 3 nitrogen and oxygen atoms in total. The maximum Gasteiger partial charge on any atom is 0.0959 e. The highest BCUT2D eigenvalue weighted by Gasteiger charge is 2.19. The van der Waals surface area contributed by atoms with E-state index in [0.717, 1.165) is 12.5 Å². The van der Waals surface area contributed by atoms with Crippen molar-refractivity contribution in [2.75, 3.05) is 6.54 Å². The number of rotatable bonds is 5. The summed E-state index contributed by atoms with van der Waals surface area (Å²) in [5, 5.41) is 13.7. The van der Waals surface area contributed by atoms with Crippen LogP contribution in [0.1, 0.15) is 48.4 Å². The standard InChI is InChI=1S/C12H20N2OS/c1-9(15)6-13-7-11-8-14-12(16-11)10-4-2-3-5-10/h8-10,13,15H,2-7H2,1H3/t9-/m1/s1. The van der Waals surface area contributed by atoms with E-state index in [4.69, 9.17) is 5.11 Å². The van der Waals surface area contributed by atoms with Crippen LogP contribution in [0.5, 0.6) is 0 Å². The molecular weight excluding hydrogens is 220 g/mol. The highest BCUT2D eigenvalue weighted by molar-refractivity contribution is 7.11. The first-order chi connectivity index (χ1) is 7.75. The summed E-state index contributed by atoms with van der Waals surface area (Å²) in [4.78, 5) is 5.79. The van der Waals surface area contributed by atoms with Gasteiger partial charge in [0.2, 0.25) is 0 Å². The van der Waals surface area contributed by atoms with Crippen molar-refractivity contribution >= 4 is 11.3 Å². The van der Waals surface area contributed by atoms with Gasteiger partial charge in [0.1, 0.15) is 0 Å². The summed E-state index contributed by atoms with van der Waals surface area (Å²) in [5.41, 5.74) is 0. The van der Waals surface area contributed by atoms with Crippen molar-refractivity contribution in [3.8, 4) is 0 Å². The van der Waals surface area contributed by atoms with Crippen molar-refractivity contribution in [2.24, 2.45) is 0 Å². The fourth-order valence-corrected chi connectivity index (χ4v) is 3.23. The lowest BCUT2D eigenvalue weighted by Gasteiger charge is -2.05. The number of nitrogens with one attached hydrogen (secondary N) is 1. The third-order valence-corrected chi connectivity index (χ3v) is 4.17. The smallest absolute Gasteiger partial charge is 0.0959 e. The van der Waals surface area contributed by atoms with Crippen LogP contribution in [0.2, 0.25) is 0 Å². The number of thiazole rings is 1. The second-order valence-electron chi connectivity index (χ2n) is 4.63. The molecule has 0 unspecified atom stereocenters. The Bertz CT molecular complexity index is 319. The summed E-state index contributed by atoms with van der Waals surface area (Å²) < 4.78 is 0. The van der Waals surface area contributed by atoms with Gasteiger partial charge in [0.15, 0.2) is 0 Å². The molecule has 0 amide bonds. The van der Waals surface area contributed by atoms with Crippen LogP contribution in [-0.2, 0) is 6.54 Å². The molecule has 1 atom stereocenters. The topological polar surface area (TPSA) is 45.1 Å². The number of hydrogen-bond donors (Lipinski definition) is 2. The minimum atomic E-state index is -0.276. The summed E-state index contributed by atoms with van der Waals surface area (Å²) >= 11 is 1.83. The number of aliphatic hydroxyl groups excluding tert-OH is 1. The Kier molecular flexibility index (Phi) is 4.32. The second-order valence-corrected chi connectivity index (χ2v) is 5.77. The first-order valence-electron chi connectivity index (χ1n) is 6.09. The number of hydrogen-bond acceptors (Lipinski definition) is 4. The summed E-state index contributed by atoms with van der Waals surface area (Å²) in [6.45, 7) is 3.27. The van der Waals surface area contributed by atoms with Gasteiger partial charge in [-0.2, -0.15) is 0 Å². The molecule has 2 N–H and O–H groups in total. The van der Waals surface area contributed by atoms with Gasteiger partial charge in [-0.05, 0) is 19.8 Å². The van der Waals surface area contributed by atoms with Crippen LogP contribution in [0, 0.1) is 0 Å². The van der Waals surface area contributed by atoms with Crippen molar-refractivity contribution in [3.63, 3.8) is 0 Å². The number of aromatic nitrogens is 1. The van der Waals surface area contributed by atoms with E-state index in [1.54, 1.807) is 6.92 Å². The fourth-order valence-electron chi connectivity index (χ4n) is 2.17. The van der Waals surface area contributed by atoms with Gasteiger partial charge in [-0.25, -0.2) is 4.98 Å². The van der Waals surface area contributed by atoms with E-state index in [2.05, 4.69) is 10.3 Å². The van der Waals surface area contributed by atoms with Crippen LogP contribution < -0.4 is 5.32 Å². The second kappa shape index (κ2) is 5.75. The molecule has 0 saturated heterocycles. The largest absolute Gasteiger partial charge is 0.392 e. The third kappa shape index (κ3) is 3.27. The molecule has 90 valence electrons. The lowest BCUT2D eigenvalue weighted by atomic mass is 10.1. The fraction of sp³-hybridized carbons (Fsp3) is 0.750. The Hall–Kier alpha value is -0.450. The van der Waals surface area contributed by atoms with E-state index < -0.39 is 0 Å². The van der Waals surface area contributed by atoms with E-state index in [1.807, 2.05) is 17.5 Å². The quantitative estimate of drug-likeness (QED) is 0.830. The molecule has 1 fully saturated rings. The average Bonchev–Trinajstić information content (AvgIpc) is 2.85. The highest BCUT2D eigenvalue weighted by atomic mass is 32.1. The molecular formula is C12H20N2OS. The lowest BCUT2D eigenvalue weighted by molar-refractivity contribution is 0.191. The van der Waals surface area contributed by atoms with Crippen LogP contribution in [-0.4, -0.2) is 22.7 Å². The predicted octanol–water partition coefficient (Wildman–Crippen LogP) is 2.27. The summed E-state index contributed by atoms with van der Waals surface area (Å²) in [5.74, 6) is 0.718. The molecule has 1 aliphatic rings. The Labute approximate surface area is 101 Å². The molecule has 1 aromatic rings. The molecule has 1 aliphatic carbocycles. The number of nitrogens with zero attached hydrogens (tertiary/aromatic N) is 1. The predicted molar refractivity (Wildman–Crippen MR) is 66.7 cm³/mol. The summed E-state index contributed by atoms with van der Waals surface area (Å²) in [6, 6.07) is 0. The van der Waals surface area contributed by atoms with Crippen LogP contribution in [0.25, 0.3) is 0 Å². The first-order valence-corrected chi connectivity index (χ1v) is 6.90. The Morgan fingerprint density at radius 2 is 2.31 bits per heavy atom. The first kappa shape index (κ1) is 12.0. The lowest BCUT2D eigenvalue weighted by Crippen LogP contribution is -2.23. The Morgan fingerprint density at radius 1 is 1.56 bits per heavy atom. The molecule has 0 bridgehead atoms. The molecule has 0 radical (unpaired) electrons. The van der Waals surface area contributed by atoms with Crippen LogP contribution in [0.15, 0.2) is 6.20 Å². The van der Waals surface area contributed by atoms with Crippen LogP contribution in [0.3, 0.4) is 0 Å². The van der Waals surface area contributed by atoms with E-state index >= 15 is 0 Å². The minimum absolute atomic E-state index is 0.276. The zero-order valence-corrected chi connectivity index (χ0v) is 10.6. The molecule has 0 aromatic carbocycles. The van der Waals surface area contributed by atoms with Gasteiger partial charge < -0.3 is 10.4 Å². The maximum absolute atomic E-state index is 9.13. The summed E-state index contributed by atoms with van der Waals surface area (Å²) in [6.07, 6.45) is 7.05. The Balaban J connectivity index is 1.82. The van der Waals surface area contributed by atoms with E-state index in [-0.39, 0.29) is 6.10 Å². The number of aliphatic hydroxyl groups is 1. The van der Waals surface area contributed by atoms with Gasteiger partial charge in [0.05, 0.1) is 11.1 Å². The monoisotopic (exact) mass is 240 g/mol. The van der Waals surface area contributed by atoms with Gasteiger partial charge in [-0.3, -0.25) is 0 Å². The van der Waals surface area contributed by atoms with Crippen LogP contribution in [0.4, 0.5) is 0 Å². The molecule has 0 spiro atoms. The van der Waals surface area contributed by atoms with Crippen molar-refractivity contribution in [1.29, 1.82) is 0 Å². The van der Waals surface area contributed by atoms with E-state index in [0.29, 0.717) is 6.54 Å². The normalized spacial score (nSPS) is 19.1. The molecule has 2 rings (SSSR count). The van der Waals surface area contributed by atoms with Gasteiger partial charge >= 0.3 is 0 Å². The SMILES string of the molecule is C[C@@H](O)CNCc1cnc(C2CCCC2)s1. The molecule has 1 aromatic heterocycles. The van der Waals surface area contributed by atoms with E-state index in [1.165, 1.54) is 35.6 Å². The van der Waals surface area contributed by atoms with Gasteiger partial charge in [0, 0.05) is 30.1 Å². The van der Waals surface area contributed by atoms with Crippen molar-refractivity contribution in [2.45, 2.75) is 51.2 Å². The van der Waals surface area contributed by atoms with E-state index in [9.17, 15) is 0 Å². The van der Waals surface area contributed by atoms with Gasteiger partial charge in [-0.15, -0.1) is 11.3 Å². The summed E-state index contributed by atoms with van der Waals surface area (Å²) in [7, 11) is 0. The van der Waals surface area contributed by atoms with Gasteiger partial charge in [-0.1, -0.05) is 12.8 Å². The zero-order chi connectivity index (χ0) is 11.4. The Morgan fingerprint density at radius 3 is 3.00 bits per heavy atom. The molecule has 1 saturated carbocycles. The van der Waals surface area contributed by atoms with Crippen LogP contribution >= 0.6 is 11.3 Å². The molecule has 4 heteroatoms. The van der Waals surface area contributed by atoms with Crippen molar-refractivity contribution in [1.82, 2.24) is 10.3 Å². The van der Waals surface area contributed by atoms with Crippen molar-refractivity contribution < 1.29 is 5.11 Å².